The highest BCUT2D eigenvalue weighted by Crippen LogP contribution is 2.10. The lowest BCUT2D eigenvalue weighted by atomic mass is 10.0. The summed E-state index contributed by atoms with van der Waals surface area (Å²) in [5, 5.41) is 0. The maximum Gasteiger partial charge on any atom is 0.0250 e. The minimum absolute atomic E-state index is 0.390. The van der Waals surface area contributed by atoms with Crippen LogP contribution in [0.4, 0.5) is 0 Å². The molecule has 1 unspecified atom stereocenters. The Bertz CT molecular complexity index is 295. The second kappa shape index (κ2) is 8.97. The first kappa shape index (κ1) is 13.9. The lowest BCUT2D eigenvalue weighted by Crippen LogP contribution is -2.36. The van der Waals surface area contributed by atoms with E-state index in [0.29, 0.717) is 6.04 Å². The zero-order valence-electron chi connectivity index (χ0n) is 10.6. The molecule has 0 heterocycles. The minimum Gasteiger partial charge on any atom is -0.271 e. The third-order valence-corrected chi connectivity index (χ3v) is 3.02. The maximum atomic E-state index is 5.60. The normalized spacial score (nSPS) is 12.3. The molecule has 17 heavy (non-hydrogen) atoms. The van der Waals surface area contributed by atoms with Crippen molar-refractivity contribution in [2.75, 3.05) is 0 Å². The maximum absolute atomic E-state index is 5.60. The van der Waals surface area contributed by atoms with Crippen molar-refractivity contribution >= 4 is 0 Å². The fourth-order valence-corrected chi connectivity index (χ4v) is 2.00. The number of nitrogens with one attached hydrogen (secondary N) is 1. The van der Waals surface area contributed by atoms with Crippen molar-refractivity contribution < 1.29 is 0 Å². The Morgan fingerprint density at radius 1 is 1.18 bits per heavy atom. The first-order valence-corrected chi connectivity index (χ1v) is 6.47. The average molecular weight is 232 g/mol. The number of unbranched alkanes of at least 4 members (excludes halogenated alkanes) is 3. The molecule has 2 nitrogen and oxygen atoms in total. The third-order valence-electron chi connectivity index (χ3n) is 3.02. The smallest absolute Gasteiger partial charge is 0.0250 e. The van der Waals surface area contributed by atoms with Gasteiger partial charge in [-0.15, -0.1) is 6.58 Å². The van der Waals surface area contributed by atoms with Crippen LogP contribution in [0.3, 0.4) is 0 Å². The van der Waals surface area contributed by atoms with Crippen molar-refractivity contribution in [3.63, 3.8) is 0 Å². The minimum atomic E-state index is 0.390. The molecule has 0 saturated heterocycles. The molecular weight excluding hydrogens is 208 g/mol. The van der Waals surface area contributed by atoms with Crippen LogP contribution in [0.2, 0.25) is 0 Å². The summed E-state index contributed by atoms with van der Waals surface area (Å²) in [6, 6.07) is 10.9. The third kappa shape index (κ3) is 6.25. The standard InChI is InChI=1S/C15H24N2/c1-2-3-4-5-9-12-15(17-16)13-14-10-7-6-8-11-14/h2,6-8,10-11,15,17H,1,3-5,9,12-13,16H2. The Balaban J connectivity index is 2.22. The summed E-state index contributed by atoms with van der Waals surface area (Å²) in [5.41, 5.74) is 4.27. The molecule has 0 aliphatic heterocycles. The van der Waals surface area contributed by atoms with Crippen molar-refractivity contribution in [3.05, 3.63) is 48.6 Å². The summed E-state index contributed by atoms with van der Waals surface area (Å²) in [6.45, 7) is 3.73. The van der Waals surface area contributed by atoms with Crippen molar-refractivity contribution in [3.8, 4) is 0 Å². The molecule has 0 amide bonds. The van der Waals surface area contributed by atoms with Crippen LogP contribution in [0.5, 0.6) is 0 Å². The second-order valence-corrected chi connectivity index (χ2v) is 4.48. The van der Waals surface area contributed by atoms with E-state index >= 15 is 0 Å². The lowest BCUT2D eigenvalue weighted by Gasteiger charge is -2.15. The van der Waals surface area contributed by atoms with Crippen LogP contribution in [-0.4, -0.2) is 6.04 Å². The first-order chi connectivity index (χ1) is 8.36. The van der Waals surface area contributed by atoms with Gasteiger partial charge in [0.1, 0.15) is 0 Å². The largest absolute Gasteiger partial charge is 0.271 e. The van der Waals surface area contributed by atoms with E-state index in [0.717, 1.165) is 19.3 Å². The molecule has 0 fully saturated rings. The van der Waals surface area contributed by atoms with Gasteiger partial charge in [0.2, 0.25) is 0 Å². The number of hydrazine groups is 1. The van der Waals surface area contributed by atoms with Crippen LogP contribution < -0.4 is 11.3 Å². The second-order valence-electron chi connectivity index (χ2n) is 4.48. The molecule has 0 bridgehead atoms. The van der Waals surface area contributed by atoms with Gasteiger partial charge in [-0.1, -0.05) is 49.2 Å². The number of allylic oxidation sites excluding steroid dienone is 1. The number of nitrogens with two attached hydrogens (primary N) is 1. The molecule has 94 valence electrons. The molecule has 2 heteroatoms. The molecular formula is C15H24N2. The van der Waals surface area contributed by atoms with Gasteiger partial charge in [-0.2, -0.15) is 0 Å². The monoisotopic (exact) mass is 232 g/mol. The van der Waals surface area contributed by atoms with Gasteiger partial charge in [0.15, 0.2) is 0 Å². The van der Waals surface area contributed by atoms with Crippen LogP contribution in [0.1, 0.15) is 37.7 Å². The molecule has 0 aromatic heterocycles. The summed E-state index contributed by atoms with van der Waals surface area (Å²) in [7, 11) is 0. The molecule has 1 rings (SSSR count). The first-order valence-electron chi connectivity index (χ1n) is 6.47. The van der Waals surface area contributed by atoms with E-state index in [4.69, 9.17) is 5.84 Å². The van der Waals surface area contributed by atoms with Crippen molar-refractivity contribution in [2.24, 2.45) is 5.84 Å². The quantitative estimate of drug-likeness (QED) is 0.297. The average Bonchev–Trinajstić information content (AvgIpc) is 2.38. The van der Waals surface area contributed by atoms with Crippen LogP contribution in [0.15, 0.2) is 43.0 Å². The number of hydrogen-bond acceptors (Lipinski definition) is 2. The van der Waals surface area contributed by atoms with Gasteiger partial charge in [0.25, 0.3) is 0 Å². The van der Waals surface area contributed by atoms with E-state index in [-0.39, 0.29) is 0 Å². The Hall–Kier alpha value is -1.12. The van der Waals surface area contributed by atoms with Gasteiger partial charge >= 0.3 is 0 Å². The molecule has 0 radical (unpaired) electrons. The van der Waals surface area contributed by atoms with E-state index in [1.165, 1.54) is 24.8 Å². The Kier molecular flexibility index (Phi) is 7.35. The number of hydrogen-bond donors (Lipinski definition) is 2. The zero-order chi connectivity index (χ0) is 12.3. The van der Waals surface area contributed by atoms with Crippen LogP contribution >= 0.6 is 0 Å². The van der Waals surface area contributed by atoms with Crippen LogP contribution in [0.25, 0.3) is 0 Å². The predicted octanol–water partition coefficient (Wildman–Crippen LogP) is 3.20. The molecule has 3 N–H and O–H groups in total. The van der Waals surface area contributed by atoms with E-state index < -0.39 is 0 Å². The molecule has 1 aromatic rings. The lowest BCUT2D eigenvalue weighted by molar-refractivity contribution is 0.464. The van der Waals surface area contributed by atoms with Gasteiger partial charge in [-0.3, -0.25) is 11.3 Å². The Labute approximate surface area is 105 Å². The zero-order valence-corrected chi connectivity index (χ0v) is 10.6. The molecule has 0 saturated carbocycles. The van der Waals surface area contributed by atoms with Crippen molar-refractivity contribution in [1.82, 2.24) is 5.43 Å². The summed E-state index contributed by atoms with van der Waals surface area (Å²) >= 11 is 0. The van der Waals surface area contributed by atoms with Gasteiger partial charge in [0.05, 0.1) is 0 Å². The molecule has 1 atom stereocenters. The molecule has 1 aromatic carbocycles. The van der Waals surface area contributed by atoms with Crippen molar-refractivity contribution in [2.45, 2.75) is 44.6 Å². The summed E-state index contributed by atoms with van der Waals surface area (Å²) < 4.78 is 0. The van der Waals surface area contributed by atoms with E-state index in [2.05, 4.69) is 36.3 Å². The molecule has 0 aliphatic rings. The van der Waals surface area contributed by atoms with E-state index in [1.807, 2.05) is 12.1 Å². The number of benzene rings is 1. The number of rotatable bonds is 9. The highest BCUT2D eigenvalue weighted by Gasteiger charge is 2.06. The SMILES string of the molecule is C=CCCCCCC(Cc1ccccc1)NN. The fraction of sp³-hybridized carbons (Fsp3) is 0.467. The summed E-state index contributed by atoms with van der Waals surface area (Å²) in [6.07, 6.45) is 9.00. The Morgan fingerprint density at radius 3 is 2.59 bits per heavy atom. The van der Waals surface area contributed by atoms with Gasteiger partial charge in [-0.05, 0) is 31.2 Å². The van der Waals surface area contributed by atoms with Gasteiger partial charge in [0, 0.05) is 6.04 Å². The molecule has 0 spiro atoms. The van der Waals surface area contributed by atoms with Crippen LogP contribution in [0, 0.1) is 0 Å². The fourth-order valence-electron chi connectivity index (χ4n) is 2.00. The molecule has 0 aliphatic carbocycles. The summed E-state index contributed by atoms with van der Waals surface area (Å²) in [4.78, 5) is 0. The highest BCUT2D eigenvalue weighted by atomic mass is 15.2. The van der Waals surface area contributed by atoms with Gasteiger partial charge in [-0.25, -0.2) is 0 Å². The highest BCUT2D eigenvalue weighted by molar-refractivity contribution is 5.15. The van der Waals surface area contributed by atoms with Crippen molar-refractivity contribution in [1.29, 1.82) is 0 Å². The summed E-state index contributed by atoms with van der Waals surface area (Å²) in [5.74, 6) is 5.60. The van der Waals surface area contributed by atoms with Gasteiger partial charge < -0.3 is 0 Å². The van der Waals surface area contributed by atoms with E-state index in [9.17, 15) is 0 Å². The van der Waals surface area contributed by atoms with E-state index in [1.54, 1.807) is 0 Å². The predicted molar refractivity (Wildman–Crippen MR) is 74.5 cm³/mol. The van der Waals surface area contributed by atoms with Crippen LogP contribution in [-0.2, 0) is 6.42 Å². The Morgan fingerprint density at radius 2 is 1.94 bits per heavy atom. The topological polar surface area (TPSA) is 38.0 Å².